The monoisotopic (exact) mass is 280 g/mol. The molecule has 3 rings (SSSR count). The number of para-hydroxylation sites is 2. The quantitative estimate of drug-likeness (QED) is 0.579. The molecule has 90 valence electrons. The van der Waals surface area contributed by atoms with E-state index in [1.165, 1.54) is 0 Å². The third-order valence-electron chi connectivity index (χ3n) is 2.68. The number of hydrogen-bond donors (Lipinski definition) is 0. The molecule has 3 nitrogen and oxygen atoms in total. The van der Waals surface area contributed by atoms with Crippen molar-refractivity contribution >= 4 is 17.7 Å². The van der Waals surface area contributed by atoms with Crippen molar-refractivity contribution in [3.05, 3.63) is 48.0 Å². The molecule has 0 amide bonds. The molecule has 0 aromatic heterocycles. The molecule has 0 bridgehead atoms. The minimum atomic E-state index is -1.10. The Hall–Kier alpha value is -0.940. The molecule has 0 radical (unpaired) electrons. The van der Waals surface area contributed by atoms with Crippen molar-refractivity contribution in [2.45, 2.75) is 16.2 Å². The molecule has 1 heterocycles. The van der Waals surface area contributed by atoms with Crippen molar-refractivity contribution in [2.75, 3.05) is 0 Å². The van der Waals surface area contributed by atoms with Gasteiger partial charge in [0, 0.05) is 18.0 Å². The van der Waals surface area contributed by atoms with E-state index < -0.39 is 5.97 Å². The van der Waals surface area contributed by atoms with Gasteiger partial charge in [-0.2, -0.15) is 0 Å². The van der Waals surface area contributed by atoms with Crippen LogP contribution >= 0.6 is 11.8 Å². The zero-order valence-electron chi connectivity index (χ0n) is 10.4. The Labute approximate surface area is 137 Å². The van der Waals surface area contributed by atoms with E-state index in [2.05, 4.69) is 0 Å². The summed E-state index contributed by atoms with van der Waals surface area (Å²) in [7, 11) is 0. The fourth-order valence-corrected chi connectivity index (χ4v) is 2.91. The second-order valence-corrected chi connectivity index (χ2v) is 5.03. The maximum absolute atomic E-state index is 10.7. The van der Waals surface area contributed by atoms with E-state index in [9.17, 15) is 9.90 Å². The van der Waals surface area contributed by atoms with Crippen LogP contribution in [0.25, 0.3) is 0 Å². The normalized spacial score (nSPS) is 11.6. The van der Waals surface area contributed by atoms with Gasteiger partial charge in [0.05, 0.1) is 9.79 Å². The Morgan fingerprint density at radius 2 is 1.84 bits per heavy atom. The fraction of sp³-hybridized carbons (Fsp3) is 0.0714. The second-order valence-electron chi connectivity index (χ2n) is 3.94. The summed E-state index contributed by atoms with van der Waals surface area (Å²) in [4.78, 5) is 12.7. The van der Waals surface area contributed by atoms with Gasteiger partial charge in [-0.25, -0.2) is 0 Å². The van der Waals surface area contributed by atoms with Crippen LogP contribution in [0, 0.1) is 0 Å². The van der Waals surface area contributed by atoms with Crippen molar-refractivity contribution in [2.24, 2.45) is 0 Å². The predicted molar refractivity (Wildman–Crippen MR) is 65.8 cm³/mol. The molecule has 2 aromatic rings. The first-order valence-corrected chi connectivity index (χ1v) is 6.32. The number of fused-ring (bicyclic) bond motifs is 2. The molecule has 19 heavy (non-hydrogen) atoms. The maximum Gasteiger partial charge on any atom is 1.00 e. The average molecular weight is 280 g/mol. The number of carbonyl (C=O) groups excluding carboxylic acids is 1. The Morgan fingerprint density at radius 3 is 2.63 bits per heavy atom. The van der Waals surface area contributed by atoms with E-state index in [0.717, 1.165) is 15.5 Å². The predicted octanol–water partition coefficient (Wildman–Crippen LogP) is -0.760. The zero-order valence-corrected chi connectivity index (χ0v) is 13.2. The number of aliphatic carboxylic acids is 1. The number of hydrogen-bond acceptors (Lipinski definition) is 4. The molecule has 0 N–H and O–H groups in total. The minimum absolute atomic E-state index is 0. The largest absolute Gasteiger partial charge is 1.00 e. The summed E-state index contributed by atoms with van der Waals surface area (Å²) < 4.78 is 5.80. The summed E-state index contributed by atoms with van der Waals surface area (Å²) in [5.74, 6) is 0.294. The van der Waals surface area contributed by atoms with Gasteiger partial charge in [0.1, 0.15) is 11.5 Å². The van der Waals surface area contributed by atoms with E-state index in [0.29, 0.717) is 11.3 Å². The van der Waals surface area contributed by atoms with Crippen LogP contribution in [-0.4, -0.2) is 5.97 Å². The van der Waals surface area contributed by atoms with Gasteiger partial charge in [-0.15, -0.1) is 0 Å². The molecule has 0 saturated carbocycles. The molecule has 0 spiro atoms. The topological polar surface area (TPSA) is 49.4 Å². The van der Waals surface area contributed by atoms with Crippen LogP contribution in [0.4, 0.5) is 0 Å². The zero-order chi connectivity index (χ0) is 12.5. The maximum atomic E-state index is 10.7. The van der Waals surface area contributed by atoms with Crippen LogP contribution in [0.2, 0.25) is 0 Å². The van der Waals surface area contributed by atoms with Crippen molar-refractivity contribution < 1.29 is 44.2 Å². The SMILES string of the molecule is O=C([O-])Cc1cccc2c1Oc1ccccc1S2.[Na+]. The first kappa shape index (κ1) is 14.5. The van der Waals surface area contributed by atoms with E-state index in [1.807, 2.05) is 36.4 Å². The van der Waals surface area contributed by atoms with Crippen LogP contribution in [0.5, 0.6) is 11.5 Å². The summed E-state index contributed by atoms with van der Waals surface area (Å²) in [6, 6.07) is 13.2. The molecule has 5 heteroatoms. The van der Waals surface area contributed by atoms with Gasteiger partial charge in [0.25, 0.3) is 0 Å². The van der Waals surface area contributed by atoms with Crippen LogP contribution in [0.3, 0.4) is 0 Å². The van der Waals surface area contributed by atoms with Gasteiger partial charge in [0.2, 0.25) is 0 Å². The second kappa shape index (κ2) is 6.01. The number of rotatable bonds is 2. The number of benzene rings is 2. The molecular formula is C14H9NaO3S. The Kier molecular flexibility index (Phi) is 4.58. The van der Waals surface area contributed by atoms with Crippen LogP contribution < -0.4 is 39.4 Å². The van der Waals surface area contributed by atoms with Gasteiger partial charge in [0.15, 0.2) is 0 Å². The summed E-state index contributed by atoms with van der Waals surface area (Å²) >= 11 is 1.59. The smallest absolute Gasteiger partial charge is 0.550 e. The minimum Gasteiger partial charge on any atom is -0.550 e. The Bertz CT molecular complexity index is 628. The fourth-order valence-electron chi connectivity index (χ4n) is 1.90. The van der Waals surface area contributed by atoms with Crippen molar-refractivity contribution in [3.63, 3.8) is 0 Å². The summed E-state index contributed by atoms with van der Waals surface area (Å²) in [6.45, 7) is 0. The van der Waals surface area contributed by atoms with E-state index in [-0.39, 0.29) is 36.0 Å². The molecule has 0 atom stereocenters. The molecule has 0 fully saturated rings. The Morgan fingerprint density at radius 1 is 1.11 bits per heavy atom. The van der Waals surface area contributed by atoms with Crippen LogP contribution in [-0.2, 0) is 11.2 Å². The van der Waals surface area contributed by atoms with Crippen LogP contribution in [0.1, 0.15) is 5.56 Å². The average Bonchev–Trinajstić information content (AvgIpc) is 2.36. The third kappa shape index (κ3) is 2.98. The molecule has 0 saturated heterocycles. The van der Waals surface area contributed by atoms with Gasteiger partial charge in [-0.3, -0.25) is 0 Å². The number of ether oxygens (including phenoxy) is 1. The van der Waals surface area contributed by atoms with Crippen molar-refractivity contribution in [1.29, 1.82) is 0 Å². The molecule has 0 aliphatic carbocycles. The molecule has 2 aromatic carbocycles. The molecule has 1 aliphatic rings. The Balaban J connectivity index is 0.00000133. The van der Waals surface area contributed by atoms with Gasteiger partial charge < -0.3 is 14.6 Å². The molecule has 1 aliphatic heterocycles. The first-order valence-electron chi connectivity index (χ1n) is 5.50. The number of carboxylic acid groups (broad SMARTS) is 1. The van der Waals surface area contributed by atoms with Gasteiger partial charge in [-0.1, -0.05) is 36.0 Å². The van der Waals surface area contributed by atoms with Crippen molar-refractivity contribution in [1.82, 2.24) is 0 Å². The third-order valence-corrected chi connectivity index (χ3v) is 3.77. The standard InChI is InChI=1S/C14H10O3S.Na/c15-13(16)8-9-4-3-7-12-14(9)17-10-5-1-2-6-11(10)18-12;/h1-7H,8H2,(H,15,16);/q;+1/p-1. The summed E-state index contributed by atoms with van der Waals surface area (Å²) in [5, 5.41) is 10.7. The number of carboxylic acids is 1. The van der Waals surface area contributed by atoms with Crippen LogP contribution in [0.15, 0.2) is 52.3 Å². The van der Waals surface area contributed by atoms with E-state index in [4.69, 9.17) is 4.74 Å². The summed E-state index contributed by atoms with van der Waals surface area (Å²) in [5.41, 5.74) is 0.648. The first-order chi connectivity index (χ1) is 8.74. The van der Waals surface area contributed by atoms with Gasteiger partial charge >= 0.3 is 29.6 Å². The van der Waals surface area contributed by atoms with Crippen molar-refractivity contribution in [3.8, 4) is 11.5 Å². The van der Waals surface area contributed by atoms with E-state index >= 15 is 0 Å². The summed E-state index contributed by atoms with van der Waals surface area (Å²) in [6.07, 6.45) is -0.133. The number of carbonyl (C=O) groups is 1. The molecule has 0 unspecified atom stereocenters. The van der Waals surface area contributed by atoms with E-state index in [1.54, 1.807) is 17.8 Å². The molecular weight excluding hydrogens is 271 g/mol. The van der Waals surface area contributed by atoms with Gasteiger partial charge in [-0.05, 0) is 18.2 Å².